The fraction of sp³-hybridized carbons (Fsp3) is 0.786. The maximum atomic E-state index is 5.69. The van der Waals surface area contributed by atoms with Gasteiger partial charge in [0.05, 0.1) is 18.4 Å². The number of ether oxygens (including phenoxy) is 1. The summed E-state index contributed by atoms with van der Waals surface area (Å²) in [4.78, 5) is 2.41. The largest absolute Gasteiger partial charge is 0.374 e. The molecular weight excluding hydrogens is 240 g/mol. The standard InChI is InChI=1S/C14H26N4O/c1-4-11(2)18-6-5-13(16-18)8-17-9-14(7-15)19-10-12(17)3/h5-6,11-12,14H,4,7-10,15H2,1-3H3. The maximum Gasteiger partial charge on any atom is 0.0824 e. The molecule has 3 unspecified atom stereocenters. The van der Waals surface area contributed by atoms with Crippen LogP contribution in [-0.2, 0) is 11.3 Å². The van der Waals surface area contributed by atoms with Crippen molar-refractivity contribution in [3.05, 3.63) is 18.0 Å². The van der Waals surface area contributed by atoms with Crippen LogP contribution < -0.4 is 5.73 Å². The molecule has 1 aromatic heterocycles. The number of nitrogens with two attached hydrogens (primary N) is 1. The quantitative estimate of drug-likeness (QED) is 0.875. The van der Waals surface area contributed by atoms with E-state index < -0.39 is 0 Å². The number of hydrogen-bond acceptors (Lipinski definition) is 4. The minimum atomic E-state index is 0.160. The highest BCUT2D eigenvalue weighted by molar-refractivity contribution is 5.00. The average molecular weight is 266 g/mol. The molecule has 108 valence electrons. The van der Waals surface area contributed by atoms with Gasteiger partial charge in [-0.1, -0.05) is 6.92 Å². The summed E-state index contributed by atoms with van der Waals surface area (Å²) in [6, 6.07) is 3.01. The highest BCUT2D eigenvalue weighted by Crippen LogP contribution is 2.15. The van der Waals surface area contributed by atoms with E-state index >= 15 is 0 Å². The van der Waals surface area contributed by atoms with Gasteiger partial charge in [-0.05, 0) is 26.3 Å². The summed E-state index contributed by atoms with van der Waals surface area (Å²) in [6.45, 7) is 9.69. The normalized spacial score (nSPS) is 26.5. The minimum absolute atomic E-state index is 0.160. The summed E-state index contributed by atoms with van der Waals surface area (Å²) in [5.74, 6) is 0. The van der Waals surface area contributed by atoms with Gasteiger partial charge in [0, 0.05) is 37.9 Å². The molecule has 0 bridgehead atoms. The van der Waals surface area contributed by atoms with Crippen molar-refractivity contribution in [2.45, 2.75) is 51.9 Å². The van der Waals surface area contributed by atoms with E-state index in [-0.39, 0.29) is 6.10 Å². The summed E-state index contributed by atoms with van der Waals surface area (Å²) in [7, 11) is 0. The van der Waals surface area contributed by atoms with Crippen molar-refractivity contribution < 1.29 is 4.74 Å². The summed E-state index contributed by atoms with van der Waals surface area (Å²) < 4.78 is 7.73. The van der Waals surface area contributed by atoms with Gasteiger partial charge >= 0.3 is 0 Å². The zero-order valence-electron chi connectivity index (χ0n) is 12.2. The molecule has 0 aliphatic carbocycles. The molecular formula is C14H26N4O. The summed E-state index contributed by atoms with van der Waals surface area (Å²) in [5, 5.41) is 4.66. The molecule has 2 heterocycles. The van der Waals surface area contributed by atoms with Crippen molar-refractivity contribution in [3.8, 4) is 0 Å². The highest BCUT2D eigenvalue weighted by atomic mass is 16.5. The molecule has 5 heteroatoms. The van der Waals surface area contributed by atoms with Crippen molar-refractivity contribution in [2.75, 3.05) is 19.7 Å². The first-order chi connectivity index (χ1) is 9.13. The molecule has 0 amide bonds. The molecule has 19 heavy (non-hydrogen) atoms. The van der Waals surface area contributed by atoms with Crippen LogP contribution >= 0.6 is 0 Å². The molecule has 1 aromatic rings. The van der Waals surface area contributed by atoms with E-state index in [0.717, 1.165) is 31.8 Å². The van der Waals surface area contributed by atoms with E-state index in [2.05, 4.69) is 47.7 Å². The van der Waals surface area contributed by atoms with E-state index in [1.807, 2.05) is 0 Å². The van der Waals surface area contributed by atoms with Crippen molar-refractivity contribution in [3.63, 3.8) is 0 Å². The third kappa shape index (κ3) is 3.55. The van der Waals surface area contributed by atoms with E-state index in [0.29, 0.717) is 18.6 Å². The lowest BCUT2D eigenvalue weighted by atomic mass is 10.2. The Kier molecular flexibility index (Phi) is 4.96. The van der Waals surface area contributed by atoms with Crippen molar-refractivity contribution in [1.29, 1.82) is 0 Å². The van der Waals surface area contributed by atoms with Crippen LogP contribution in [0.25, 0.3) is 0 Å². The zero-order valence-corrected chi connectivity index (χ0v) is 12.2. The van der Waals surface area contributed by atoms with Gasteiger partial charge in [0.15, 0.2) is 0 Å². The lowest BCUT2D eigenvalue weighted by molar-refractivity contribution is -0.0571. The molecule has 0 saturated carbocycles. The van der Waals surface area contributed by atoms with Gasteiger partial charge < -0.3 is 10.5 Å². The van der Waals surface area contributed by atoms with E-state index in [9.17, 15) is 0 Å². The Labute approximate surface area is 115 Å². The fourth-order valence-corrected chi connectivity index (χ4v) is 2.34. The summed E-state index contributed by atoms with van der Waals surface area (Å²) in [6.07, 6.45) is 3.34. The predicted molar refractivity (Wildman–Crippen MR) is 75.9 cm³/mol. The molecule has 0 spiro atoms. The topological polar surface area (TPSA) is 56.3 Å². The van der Waals surface area contributed by atoms with Gasteiger partial charge in [0.1, 0.15) is 0 Å². The fourth-order valence-electron chi connectivity index (χ4n) is 2.34. The molecule has 1 aliphatic heterocycles. The molecule has 1 fully saturated rings. The minimum Gasteiger partial charge on any atom is -0.374 e. The second-order valence-corrected chi connectivity index (χ2v) is 5.51. The van der Waals surface area contributed by atoms with Gasteiger partial charge in [0.25, 0.3) is 0 Å². The van der Waals surface area contributed by atoms with Crippen molar-refractivity contribution in [2.24, 2.45) is 5.73 Å². The molecule has 0 aromatic carbocycles. The maximum absolute atomic E-state index is 5.69. The smallest absolute Gasteiger partial charge is 0.0824 e. The van der Waals surface area contributed by atoms with Gasteiger partial charge in [-0.15, -0.1) is 0 Å². The SMILES string of the molecule is CCC(C)n1ccc(CN2CC(CN)OCC2C)n1. The highest BCUT2D eigenvalue weighted by Gasteiger charge is 2.25. The number of aromatic nitrogens is 2. The summed E-state index contributed by atoms with van der Waals surface area (Å²) in [5.41, 5.74) is 6.82. The van der Waals surface area contributed by atoms with Crippen molar-refractivity contribution >= 4 is 0 Å². The Morgan fingerprint density at radius 1 is 1.58 bits per heavy atom. The van der Waals surface area contributed by atoms with E-state index in [1.54, 1.807) is 0 Å². The first kappa shape index (κ1) is 14.5. The molecule has 1 saturated heterocycles. The molecule has 3 atom stereocenters. The lowest BCUT2D eigenvalue weighted by Crippen LogP contribution is -2.50. The van der Waals surface area contributed by atoms with Gasteiger partial charge in [-0.2, -0.15) is 5.10 Å². The zero-order chi connectivity index (χ0) is 13.8. The first-order valence-electron chi connectivity index (χ1n) is 7.23. The van der Waals surface area contributed by atoms with Crippen LogP contribution in [0.15, 0.2) is 12.3 Å². The Balaban J connectivity index is 1.97. The van der Waals surface area contributed by atoms with Crippen LogP contribution in [0.2, 0.25) is 0 Å². The lowest BCUT2D eigenvalue weighted by Gasteiger charge is -2.37. The first-order valence-corrected chi connectivity index (χ1v) is 7.23. The van der Waals surface area contributed by atoms with Crippen LogP contribution in [0.4, 0.5) is 0 Å². The number of hydrogen-bond donors (Lipinski definition) is 1. The van der Waals surface area contributed by atoms with Gasteiger partial charge in [-0.25, -0.2) is 0 Å². The second kappa shape index (κ2) is 6.50. The average Bonchev–Trinajstić information content (AvgIpc) is 2.89. The molecule has 1 aliphatic rings. The van der Waals surface area contributed by atoms with Crippen LogP contribution in [0, 0.1) is 0 Å². The molecule has 2 N–H and O–H groups in total. The second-order valence-electron chi connectivity index (χ2n) is 5.51. The van der Waals surface area contributed by atoms with Crippen LogP contribution in [-0.4, -0.2) is 46.5 Å². The van der Waals surface area contributed by atoms with Crippen LogP contribution in [0.5, 0.6) is 0 Å². The third-order valence-corrected chi connectivity index (χ3v) is 3.97. The Morgan fingerprint density at radius 2 is 2.37 bits per heavy atom. The molecule has 5 nitrogen and oxygen atoms in total. The molecule has 0 radical (unpaired) electrons. The number of nitrogens with zero attached hydrogens (tertiary/aromatic N) is 3. The van der Waals surface area contributed by atoms with Crippen molar-refractivity contribution in [1.82, 2.24) is 14.7 Å². The van der Waals surface area contributed by atoms with E-state index in [4.69, 9.17) is 10.5 Å². The van der Waals surface area contributed by atoms with Gasteiger partial charge in [0.2, 0.25) is 0 Å². The monoisotopic (exact) mass is 266 g/mol. The van der Waals surface area contributed by atoms with Crippen LogP contribution in [0.1, 0.15) is 38.9 Å². The van der Waals surface area contributed by atoms with Crippen LogP contribution in [0.3, 0.4) is 0 Å². The van der Waals surface area contributed by atoms with E-state index in [1.165, 1.54) is 0 Å². The number of rotatable bonds is 5. The Hall–Kier alpha value is -0.910. The predicted octanol–water partition coefficient (Wildman–Crippen LogP) is 1.40. The van der Waals surface area contributed by atoms with Gasteiger partial charge in [-0.3, -0.25) is 9.58 Å². The summed E-state index contributed by atoms with van der Waals surface area (Å²) >= 11 is 0. The third-order valence-electron chi connectivity index (χ3n) is 3.97. The number of morpholine rings is 1. The Morgan fingerprint density at radius 3 is 3.05 bits per heavy atom. The molecule has 2 rings (SSSR count). The Bertz CT molecular complexity index is 393.